The van der Waals surface area contributed by atoms with E-state index in [1.54, 1.807) is 4.90 Å². The van der Waals surface area contributed by atoms with Crippen molar-refractivity contribution in [1.82, 2.24) is 9.80 Å². The van der Waals surface area contributed by atoms with Gasteiger partial charge in [-0.05, 0) is 18.3 Å². The maximum absolute atomic E-state index is 13.8. The number of alkyl halides is 2. The maximum atomic E-state index is 13.8. The van der Waals surface area contributed by atoms with Crippen LogP contribution in [0.25, 0.3) is 0 Å². The number of halogens is 2. The molecule has 0 aromatic rings. The molecule has 7 heteroatoms. The van der Waals surface area contributed by atoms with Crippen molar-refractivity contribution in [3.8, 4) is 0 Å². The fraction of sp³-hybridized carbons (Fsp3) is 0.933. The van der Waals surface area contributed by atoms with Gasteiger partial charge in [-0.25, -0.2) is 0 Å². The average molecular weight is 320 g/mol. The lowest BCUT2D eigenvalue weighted by atomic mass is 9.92. The zero-order valence-corrected chi connectivity index (χ0v) is 13.5. The molecule has 0 aliphatic carbocycles. The summed E-state index contributed by atoms with van der Waals surface area (Å²) in [5, 5.41) is 18.7. The molecule has 1 unspecified atom stereocenters. The van der Waals surface area contributed by atoms with Crippen molar-refractivity contribution >= 4 is 5.91 Å². The molecule has 2 aliphatic rings. The Bertz CT molecular complexity index is 435. The highest BCUT2D eigenvalue weighted by Gasteiger charge is 2.56. The third kappa shape index (κ3) is 3.58. The van der Waals surface area contributed by atoms with Crippen LogP contribution < -0.4 is 0 Å². The Balaban J connectivity index is 2.08. The van der Waals surface area contributed by atoms with Crippen molar-refractivity contribution in [3.05, 3.63) is 0 Å². The molecule has 0 spiro atoms. The monoisotopic (exact) mass is 320 g/mol. The zero-order valence-electron chi connectivity index (χ0n) is 13.5. The van der Waals surface area contributed by atoms with Gasteiger partial charge in [0.15, 0.2) is 0 Å². The summed E-state index contributed by atoms with van der Waals surface area (Å²) < 4.78 is 27.6. The van der Waals surface area contributed by atoms with Crippen molar-refractivity contribution in [2.24, 2.45) is 5.41 Å². The Kier molecular flexibility index (Phi) is 4.54. The topological polar surface area (TPSA) is 64.0 Å². The number of rotatable bonds is 2. The lowest BCUT2D eigenvalue weighted by Crippen LogP contribution is -2.64. The second-order valence-electron chi connectivity index (χ2n) is 7.72. The van der Waals surface area contributed by atoms with Gasteiger partial charge in [0, 0.05) is 26.1 Å². The van der Waals surface area contributed by atoms with E-state index >= 15 is 0 Å². The number of hydrogen-bond donors (Lipinski definition) is 2. The molecule has 22 heavy (non-hydrogen) atoms. The molecule has 128 valence electrons. The Morgan fingerprint density at radius 2 is 1.91 bits per heavy atom. The molecular weight excluding hydrogens is 294 g/mol. The van der Waals surface area contributed by atoms with E-state index in [1.807, 2.05) is 20.8 Å². The molecule has 2 aliphatic heterocycles. The van der Waals surface area contributed by atoms with Crippen molar-refractivity contribution in [3.63, 3.8) is 0 Å². The number of aliphatic hydroxyl groups is 2. The lowest BCUT2D eigenvalue weighted by molar-refractivity contribution is -0.319. The quantitative estimate of drug-likeness (QED) is 0.747. The van der Waals surface area contributed by atoms with E-state index in [0.717, 1.165) is 6.42 Å². The summed E-state index contributed by atoms with van der Waals surface area (Å²) in [6, 6.07) is -0.585. The lowest BCUT2D eigenvalue weighted by Gasteiger charge is -2.46. The molecule has 5 nitrogen and oxygen atoms in total. The first kappa shape index (κ1) is 17.6. The van der Waals surface area contributed by atoms with Gasteiger partial charge < -0.3 is 15.1 Å². The Morgan fingerprint density at radius 1 is 1.27 bits per heavy atom. The number of carbonyl (C=O) groups is 1. The van der Waals surface area contributed by atoms with Crippen LogP contribution in [-0.2, 0) is 4.79 Å². The largest absolute Gasteiger partial charge is 0.361 e. The zero-order chi connectivity index (χ0) is 16.8. The van der Waals surface area contributed by atoms with Crippen molar-refractivity contribution < 1.29 is 23.8 Å². The number of piperidine rings is 2. The molecular formula is C15H26F2N2O3. The first-order chi connectivity index (χ1) is 9.93. The second kappa shape index (κ2) is 5.69. The summed E-state index contributed by atoms with van der Waals surface area (Å²) in [5.74, 6) is -6.73. The number of likely N-dealkylation sites (tertiary alicyclic amines) is 2. The highest BCUT2D eigenvalue weighted by atomic mass is 19.3. The van der Waals surface area contributed by atoms with Gasteiger partial charge in [0.1, 0.15) is 0 Å². The second-order valence-corrected chi connectivity index (χ2v) is 7.72. The van der Waals surface area contributed by atoms with Crippen LogP contribution in [0.2, 0.25) is 0 Å². The average Bonchev–Trinajstić information content (AvgIpc) is 2.34. The molecule has 2 fully saturated rings. The van der Waals surface area contributed by atoms with Gasteiger partial charge in [-0.2, -0.15) is 8.78 Å². The van der Waals surface area contributed by atoms with Crippen LogP contribution in [-0.4, -0.2) is 69.9 Å². The fourth-order valence-corrected chi connectivity index (χ4v) is 3.20. The van der Waals surface area contributed by atoms with Gasteiger partial charge in [-0.15, -0.1) is 0 Å². The van der Waals surface area contributed by atoms with E-state index in [-0.39, 0.29) is 17.9 Å². The molecule has 0 aromatic carbocycles. The normalized spacial score (nSPS) is 29.7. The van der Waals surface area contributed by atoms with Crippen LogP contribution in [0.1, 0.15) is 40.0 Å². The van der Waals surface area contributed by atoms with Crippen molar-refractivity contribution in [2.45, 2.75) is 57.8 Å². The molecule has 1 atom stereocenters. The molecule has 2 rings (SSSR count). The standard InChI is InChI=1S/C15H26F2N2O3/c1-13(2,3)9-19-7-4-5-11(12(19)20)18-8-6-15(21,22)14(16,17)10-18/h11,21-22H,4-10H2,1-3H3. The van der Waals surface area contributed by atoms with Crippen molar-refractivity contribution in [1.29, 1.82) is 0 Å². The van der Waals surface area contributed by atoms with E-state index in [4.69, 9.17) is 0 Å². The summed E-state index contributed by atoms with van der Waals surface area (Å²) >= 11 is 0. The molecule has 0 saturated carbocycles. The van der Waals surface area contributed by atoms with Gasteiger partial charge in [0.05, 0.1) is 12.6 Å². The first-order valence-corrected chi connectivity index (χ1v) is 7.78. The summed E-state index contributed by atoms with van der Waals surface area (Å²) in [4.78, 5) is 15.7. The van der Waals surface area contributed by atoms with E-state index in [9.17, 15) is 23.8 Å². The predicted molar refractivity (Wildman–Crippen MR) is 77.4 cm³/mol. The molecule has 0 bridgehead atoms. The van der Waals surface area contributed by atoms with Crippen LogP contribution in [0, 0.1) is 5.41 Å². The third-order valence-corrected chi connectivity index (χ3v) is 4.34. The van der Waals surface area contributed by atoms with Crippen molar-refractivity contribution in [2.75, 3.05) is 26.2 Å². The van der Waals surface area contributed by atoms with Crippen LogP contribution >= 0.6 is 0 Å². The minimum atomic E-state index is -3.63. The van der Waals surface area contributed by atoms with Gasteiger partial charge in [-0.3, -0.25) is 9.69 Å². The third-order valence-electron chi connectivity index (χ3n) is 4.34. The molecule has 1 amide bonds. The fourth-order valence-electron chi connectivity index (χ4n) is 3.20. The van der Waals surface area contributed by atoms with E-state index in [2.05, 4.69) is 0 Å². The Hall–Kier alpha value is -0.790. The predicted octanol–water partition coefficient (Wildman–Crippen LogP) is 1.05. The number of amides is 1. The molecule has 0 radical (unpaired) electrons. The van der Waals surface area contributed by atoms with Crippen LogP contribution in [0.4, 0.5) is 8.78 Å². The Labute approximate surface area is 129 Å². The van der Waals surface area contributed by atoms with Crippen LogP contribution in [0.5, 0.6) is 0 Å². The highest BCUT2D eigenvalue weighted by molar-refractivity contribution is 5.82. The number of hydrogen-bond acceptors (Lipinski definition) is 4. The molecule has 2 N–H and O–H groups in total. The summed E-state index contributed by atoms with van der Waals surface area (Å²) in [6.45, 7) is 6.64. The highest BCUT2D eigenvalue weighted by Crippen LogP contribution is 2.36. The van der Waals surface area contributed by atoms with Crippen LogP contribution in [0.3, 0.4) is 0 Å². The maximum Gasteiger partial charge on any atom is 0.312 e. The van der Waals surface area contributed by atoms with E-state index in [1.165, 1.54) is 4.90 Å². The number of nitrogens with zero attached hydrogens (tertiary/aromatic N) is 2. The molecule has 2 heterocycles. The minimum Gasteiger partial charge on any atom is -0.361 e. The molecule has 0 aromatic heterocycles. The number of carbonyl (C=O) groups excluding carboxylic acids is 1. The van der Waals surface area contributed by atoms with Crippen LogP contribution in [0.15, 0.2) is 0 Å². The minimum absolute atomic E-state index is 0.0469. The molecule has 2 saturated heterocycles. The Morgan fingerprint density at radius 3 is 2.45 bits per heavy atom. The summed E-state index contributed by atoms with van der Waals surface area (Å²) in [7, 11) is 0. The smallest absolute Gasteiger partial charge is 0.312 e. The first-order valence-electron chi connectivity index (χ1n) is 7.78. The SMILES string of the molecule is CC(C)(C)CN1CCCC(N2CCC(O)(O)C(F)(F)C2)C1=O. The summed E-state index contributed by atoms with van der Waals surface area (Å²) in [5.41, 5.74) is -0.0469. The van der Waals surface area contributed by atoms with Gasteiger partial charge in [0.25, 0.3) is 0 Å². The summed E-state index contributed by atoms with van der Waals surface area (Å²) in [6.07, 6.45) is 0.862. The van der Waals surface area contributed by atoms with Gasteiger partial charge in [-0.1, -0.05) is 20.8 Å². The van der Waals surface area contributed by atoms with E-state index < -0.39 is 30.7 Å². The van der Waals surface area contributed by atoms with Gasteiger partial charge >= 0.3 is 5.92 Å². The van der Waals surface area contributed by atoms with E-state index in [0.29, 0.717) is 19.5 Å². The van der Waals surface area contributed by atoms with Gasteiger partial charge in [0.2, 0.25) is 11.7 Å².